The van der Waals surface area contributed by atoms with Gasteiger partial charge >= 0.3 is 0 Å². The molecule has 0 aliphatic heterocycles. The highest BCUT2D eigenvalue weighted by Crippen LogP contribution is 2.14. The zero-order valence-corrected chi connectivity index (χ0v) is 11.8. The van der Waals surface area contributed by atoms with Crippen molar-refractivity contribution in [3.63, 3.8) is 0 Å². The van der Waals surface area contributed by atoms with Crippen LogP contribution < -0.4 is 10.6 Å². The highest BCUT2D eigenvalue weighted by atomic mass is 16.2. The van der Waals surface area contributed by atoms with Gasteiger partial charge in [-0.3, -0.25) is 4.79 Å². The van der Waals surface area contributed by atoms with Crippen molar-refractivity contribution in [3.8, 4) is 0 Å². The second kappa shape index (κ2) is 7.04. The highest BCUT2D eigenvalue weighted by molar-refractivity contribution is 5.84. The second-order valence-corrected chi connectivity index (χ2v) is 5.15. The molecule has 100 valence electrons. The molecule has 1 unspecified atom stereocenters. The molecule has 0 saturated carbocycles. The average Bonchev–Trinajstić information content (AvgIpc) is 2.31. The van der Waals surface area contributed by atoms with Crippen LogP contribution in [0.2, 0.25) is 0 Å². The second-order valence-electron chi connectivity index (χ2n) is 5.15. The third kappa shape index (κ3) is 4.78. The lowest BCUT2D eigenvalue weighted by Gasteiger charge is -2.17. The monoisotopic (exact) mass is 248 g/mol. The van der Waals surface area contributed by atoms with Crippen LogP contribution in [0.1, 0.15) is 32.8 Å². The highest BCUT2D eigenvalue weighted by Gasteiger charge is 2.12. The minimum atomic E-state index is -0.210. The summed E-state index contributed by atoms with van der Waals surface area (Å²) in [6, 6.07) is 7.78. The molecule has 0 bridgehead atoms. The van der Waals surface area contributed by atoms with Crippen molar-refractivity contribution in [1.82, 2.24) is 5.32 Å². The van der Waals surface area contributed by atoms with Gasteiger partial charge in [-0.1, -0.05) is 32.0 Å². The van der Waals surface area contributed by atoms with Gasteiger partial charge in [0, 0.05) is 12.2 Å². The van der Waals surface area contributed by atoms with Gasteiger partial charge in [-0.05, 0) is 37.8 Å². The van der Waals surface area contributed by atoms with Crippen molar-refractivity contribution in [1.29, 1.82) is 0 Å². The molecule has 0 radical (unpaired) electrons. The molecule has 0 aliphatic rings. The van der Waals surface area contributed by atoms with Crippen LogP contribution in [0.5, 0.6) is 0 Å². The van der Waals surface area contributed by atoms with Gasteiger partial charge in [-0.2, -0.15) is 0 Å². The summed E-state index contributed by atoms with van der Waals surface area (Å²) in [5.41, 5.74) is 2.17. The van der Waals surface area contributed by atoms with Crippen LogP contribution in [0.3, 0.4) is 0 Å². The van der Waals surface area contributed by atoms with Gasteiger partial charge in [0.05, 0.1) is 0 Å². The Morgan fingerprint density at radius 2 is 1.89 bits per heavy atom. The van der Waals surface area contributed by atoms with E-state index in [1.54, 1.807) is 0 Å². The van der Waals surface area contributed by atoms with Crippen molar-refractivity contribution in [2.45, 2.75) is 40.2 Å². The van der Waals surface area contributed by atoms with E-state index >= 15 is 0 Å². The molecule has 0 aliphatic carbocycles. The van der Waals surface area contributed by atoms with Gasteiger partial charge < -0.3 is 10.6 Å². The maximum absolute atomic E-state index is 11.9. The van der Waals surface area contributed by atoms with Gasteiger partial charge in [-0.25, -0.2) is 0 Å². The van der Waals surface area contributed by atoms with Crippen LogP contribution >= 0.6 is 0 Å². The van der Waals surface area contributed by atoms with Crippen LogP contribution in [-0.4, -0.2) is 18.5 Å². The molecule has 3 nitrogen and oxygen atoms in total. The molecule has 1 atom stereocenters. The number of hydrogen-bond donors (Lipinski definition) is 2. The Kier molecular flexibility index (Phi) is 5.69. The van der Waals surface area contributed by atoms with Crippen molar-refractivity contribution in [2.75, 3.05) is 11.9 Å². The molecule has 0 fully saturated rings. The molecule has 0 aromatic heterocycles. The molecule has 1 rings (SSSR count). The molecule has 1 aromatic rings. The van der Waals surface area contributed by atoms with E-state index in [4.69, 9.17) is 0 Å². The summed E-state index contributed by atoms with van der Waals surface area (Å²) in [7, 11) is 0. The van der Waals surface area contributed by atoms with Crippen molar-refractivity contribution < 1.29 is 4.79 Å². The van der Waals surface area contributed by atoms with Crippen LogP contribution in [0.4, 0.5) is 5.69 Å². The lowest BCUT2D eigenvalue weighted by atomic mass is 10.1. The smallest absolute Gasteiger partial charge is 0.242 e. The predicted octanol–water partition coefficient (Wildman–Crippen LogP) is 2.96. The number of anilines is 1. The molecule has 0 heterocycles. The zero-order valence-electron chi connectivity index (χ0n) is 11.8. The molecule has 18 heavy (non-hydrogen) atoms. The number of carbonyl (C=O) groups excluding carboxylic acids is 1. The van der Waals surface area contributed by atoms with Crippen LogP contribution in [0.15, 0.2) is 24.3 Å². The Morgan fingerprint density at radius 3 is 2.50 bits per heavy atom. The van der Waals surface area contributed by atoms with Gasteiger partial charge in [-0.15, -0.1) is 0 Å². The van der Waals surface area contributed by atoms with E-state index in [2.05, 4.69) is 24.5 Å². The van der Waals surface area contributed by atoms with Crippen LogP contribution in [0, 0.1) is 12.8 Å². The summed E-state index contributed by atoms with van der Waals surface area (Å²) in [6.07, 6.45) is 1.02. The number of para-hydroxylation sites is 1. The molecular weight excluding hydrogens is 224 g/mol. The SMILES string of the molecule is Cc1ccccc1NC(C)C(=O)NCCC(C)C. The normalized spacial score (nSPS) is 12.3. The number of carbonyl (C=O) groups is 1. The van der Waals surface area contributed by atoms with E-state index in [0.29, 0.717) is 5.92 Å². The van der Waals surface area contributed by atoms with E-state index < -0.39 is 0 Å². The first-order chi connectivity index (χ1) is 8.50. The van der Waals surface area contributed by atoms with Crippen LogP contribution in [-0.2, 0) is 4.79 Å². The van der Waals surface area contributed by atoms with E-state index in [1.165, 1.54) is 0 Å². The Balaban J connectivity index is 2.43. The topological polar surface area (TPSA) is 41.1 Å². The fourth-order valence-corrected chi connectivity index (χ4v) is 1.67. The first-order valence-corrected chi connectivity index (χ1v) is 6.60. The van der Waals surface area contributed by atoms with Gasteiger partial charge in [0.1, 0.15) is 6.04 Å². The Morgan fingerprint density at radius 1 is 1.22 bits per heavy atom. The zero-order chi connectivity index (χ0) is 13.5. The van der Waals surface area contributed by atoms with E-state index in [9.17, 15) is 4.79 Å². The number of nitrogens with one attached hydrogen (secondary N) is 2. The van der Waals surface area contributed by atoms with Crippen molar-refractivity contribution in [2.24, 2.45) is 5.92 Å². The number of aryl methyl sites for hydroxylation is 1. The van der Waals surface area contributed by atoms with Gasteiger partial charge in [0.15, 0.2) is 0 Å². The number of benzene rings is 1. The lowest BCUT2D eigenvalue weighted by Crippen LogP contribution is -2.38. The minimum absolute atomic E-state index is 0.0545. The third-order valence-corrected chi connectivity index (χ3v) is 2.93. The Bertz CT molecular complexity index is 388. The average molecular weight is 248 g/mol. The molecule has 1 aromatic carbocycles. The molecule has 0 spiro atoms. The Labute approximate surface area is 110 Å². The fraction of sp³-hybridized carbons (Fsp3) is 0.533. The lowest BCUT2D eigenvalue weighted by molar-refractivity contribution is -0.121. The van der Waals surface area contributed by atoms with Crippen LogP contribution in [0.25, 0.3) is 0 Å². The van der Waals surface area contributed by atoms with E-state index in [-0.39, 0.29) is 11.9 Å². The molecular formula is C15H24N2O. The van der Waals surface area contributed by atoms with Gasteiger partial charge in [0.2, 0.25) is 5.91 Å². The predicted molar refractivity (Wildman–Crippen MR) is 76.7 cm³/mol. The summed E-state index contributed by atoms with van der Waals surface area (Å²) in [5, 5.41) is 6.19. The molecule has 0 saturated heterocycles. The maximum atomic E-state index is 11.9. The maximum Gasteiger partial charge on any atom is 0.242 e. The minimum Gasteiger partial charge on any atom is -0.374 e. The number of rotatable bonds is 6. The summed E-state index contributed by atoms with van der Waals surface area (Å²) >= 11 is 0. The third-order valence-electron chi connectivity index (χ3n) is 2.93. The summed E-state index contributed by atoms with van der Waals surface area (Å²) in [6.45, 7) is 8.97. The number of amides is 1. The molecule has 3 heteroatoms. The van der Waals surface area contributed by atoms with Crippen molar-refractivity contribution in [3.05, 3.63) is 29.8 Å². The standard InChI is InChI=1S/C15H24N2O/c1-11(2)9-10-16-15(18)13(4)17-14-8-6-5-7-12(14)3/h5-8,11,13,17H,9-10H2,1-4H3,(H,16,18). The quantitative estimate of drug-likeness (QED) is 0.812. The summed E-state index contributed by atoms with van der Waals surface area (Å²) < 4.78 is 0. The van der Waals surface area contributed by atoms with Gasteiger partial charge in [0.25, 0.3) is 0 Å². The summed E-state index contributed by atoms with van der Waals surface area (Å²) in [5.74, 6) is 0.670. The fourth-order valence-electron chi connectivity index (χ4n) is 1.67. The first-order valence-electron chi connectivity index (χ1n) is 6.60. The van der Waals surface area contributed by atoms with E-state index in [0.717, 1.165) is 24.2 Å². The first kappa shape index (κ1) is 14.6. The molecule has 2 N–H and O–H groups in total. The molecule has 1 amide bonds. The Hall–Kier alpha value is -1.51. The largest absolute Gasteiger partial charge is 0.374 e. The summed E-state index contributed by atoms with van der Waals surface area (Å²) in [4.78, 5) is 11.9. The number of hydrogen-bond acceptors (Lipinski definition) is 2. The van der Waals surface area contributed by atoms with E-state index in [1.807, 2.05) is 38.1 Å². The van der Waals surface area contributed by atoms with Crippen molar-refractivity contribution >= 4 is 11.6 Å².